The average molecular weight is 302 g/mol. The van der Waals surface area contributed by atoms with Crippen molar-refractivity contribution in [3.05, 3.63) is 29.6 Å². The third-order valence-electron chi connectivity index (χ3n) is 3.53. The summed E-state index contributed by atoms with van der Waals surface area (Å²) in [4.78, 5) is 0. The fraction of sp³-hybridized carbons (Fsp3) is 0.538. The second-order valence-electron chi connectivity index (χ2n) is 5.12. The summed E-state index contributed by atoms with van der Waals surface area (Å²) in [6, 6.07) is 4.29. The molecule has 0 aliphatic carbocycles. The summed E-state index contributed by atoms with van der Waals surface area (Å²) >= 11 is 0. The number of aryl methyl sites for hydroxylation is 1. The number of piperidine rings is 1. The first-order valence-corrected chi connectivity index (χ1v) is 8.01. The van der Waals surface area contributed by atoms with Crippen LogP contribution in [0.2, 0.25) is 0 Å². The fourth-order valence-corrected chi connectivity index (χ4v) is 3.51. The highest BCUT2D eigenvalue weighted by Crippen LogP contribution is 2.22. The molecule has 112 valence electrons. The molecule has 0 aromatic heterocycles. The monoisotopic (exact) mass is 302 g/mol. The van der Waals surface area contributed by atoms with E-state index in [1.54, 1.807) is 13.0 Å². The standard InChI is InChI=1S/C13H19FN2O3S/c1-10-2-3-12(14)13(8-10)15-20(18,19)16-6-4-11(9-17)5-7-16/h2-3,8,11,15,17H,4-7,9H2,1H3. The summed E-state index contributed by atoms with van der Waals surface area (Å²) < 4.78 is 41.6. The second-order valence-corrected chi connectivity index (χ2v) is 6.79. The number of hydrogen-bond donors (Lipinski definition) is 2. The number of benzene rings is 1. The number of aliphatic hydroxyl groups is 1. The van der Waals surface area contributed by atoms with Crippen molar-refractivity contribution >= 4 is 15.9 Å². The van der Waals surface area contributed by atoms with Crippen LogP contribution in [0.5, 0.6) is 0 Å². The molecule has 0 bridgehead atoms. The minimum atomic E-state index is -3.75. The van der Waals surface area contributed by atoms with Gasteiger partial charge in [-0.15, -0.1) is 0 Å². The second kappa shape index (κ2) is 6.07. The van der Waals surface area contributed by atoms with Gasteiger partial charge in [0, 0.05) is 19.7 Å². The highest BCUT2D eigenvalue weighted by molar-refractivity contribution is 7.90. The van der Waals surface area contributed by atoms with Gasteiger partial charge in [-0.1, -0.05) is 6.07 Å². The number of aliphatic hydroxyl groups excluding tert-OH is 1. The van der Waals surface area contributed by atoms with E-state index in [-0.39, 0.29) is 18.2 Å². The topological polar surface area (TPSA) is 69.6 Å². The maximum absolute atomic E-state index is 13.6. The number of halogens is 1. The molecular formula is C13H19FN2O3S. The number of hydrogen-bond acceptors (Lipinski definition) is 3. The molecule has 1 fully saturated rings. The van der Waals surface area contributed by atoms with Crippen molar-refractivity contribution in [2.75, 3.05) is 24.4 Å². The Morgan fingerprint density at radius 1 is 1.40 bits per heavy atom. The zero-order chi connectivity index (χ0) is 14.8. The molecule has 0 radical (unpaired) electrons. The largest absolute Gasteiger partial charge is 0.396 e. The predicted octanol–water partition coefficient (Wildman–Crippen LogP) is 1.50. The zero-order valence-corrected chi connectivity index (χ0v) is 12.2. The molecule has 2 rings (SSSR count). The average Bonchev–Trinajstić information content (AvgIpc) is 2.43. The van der Waals surface area contributed by atoms with Gasteiger partial charge in [-0.3, -0.25) is 4.72 Å². The van der Waals surface area contributed by atoms with E-state index in [2.05, 4.69) is 4.72 Å². The summed E-state index contributed by atoms with van der Waals surface area (Å²) in [7, 11) is -3.75. The number of nitrogens with one attached hydrogen (secondary N) is 1. The molecule has 7 heteroatoms. The third kappa shape index (κ3) is 3.47. The lowest BCUT2D eigenvalue weighted by Gasteiger charge is -2.30. The van der Waals surface area contributed by atoms with Crippen LogP contribution in [0.1, 0.15) is 18.4 Å². The van der Waals surface area contributed by atoms with E-state index in [4.69, 9.17) is 5.11 Å². The maximum atomic E-state index is 13.6. The van der Waals surface area contributed by atoms with Crippen molar-refractivity contribution in [2.45, 2.75) is 19.8 Å². The molecular weight excluding hydrogens is 283 g/mol. The minimum absolute atomic E-state index is 0.0331. The van der Waals surface area contributed by atoms with Gasteiger partial charge >= 0.3 is 10.2 Å². The van der Waals surface area contributed by atoms with Crippen molar-refractivity contribution in [3.8, 4) is 0 Å². The van der Waals surface area contributed by atoms with Gasteiger partial charge in [0.2, 0.25) is 0 Å². The van der Waals surface area contributed by atoms with Crippen LogP contribution in [0.15, 0.2) is 18.2 Å². The quantitative estimate of drug-likeness (QED) is 0.885. The number of anilines is 1. The Labute approximate surface area is 118 Å². The van der Waals surface area contributed by atoms with Crippen molar-refractivity contribution in [2.24, 2.45) is 5.92 Å². The van der Waals surface area contributed by atoms with Gasteiger partial charge in [-0.2, -0.15) is 12.7 Å². The SMILES string of the molecule is Cc1ccc(F)c(NS(=O)(=O)N2CCC(CO)CC2)c1. The first-order valence-electron chi connectivity index (χ1n) is 6.57. The van der Waals surface area contributed by atoms with E-state index in [0.717, 1.165) is 5.56 Å². The van der Waals surface area contributed by atoms with Gasteiger partial charge in [0.05, 0.1) is 5.69 Å². The van der Waals surface area contributed by atoms with E-state index in [9.17, 15) is 12.8 Å². The molecule has 1 heterocycles. The summed E-state index contributed by atoms with van der Waals surface area (Å²) in [5.41, 5.74) is 0.748. The molecule has 2 N–H and O–H groups in total. The Morgan fingerprint density at radius 2 is 2.05 bits per heavy atom. The van der Waals surface area contributed by atoms with Crippen molar-refractivity contribution in [1.82, 2.24) is 4.31 Å². The van der Waals surface area contributed by atoms with E-state index in [1.807, 2.05) is 0 Å². The Kier molecular flexibility index (Phi) is 4.62. The first kappa shape index (κ1) is 15.2. The molecule has 1 aliphatic rings. The van der Waals surface area contributed by atoms with Crippen molar-refractivity contribution < 1.29 is 17.9 Å². The van der Waals surface area contributed by atoms with E-state index in [1.165, 1.54) is 16.4 Å². The Hall–Kier alpha value is -1.18. The summed E-state index contributed by atoms with van der Waals surface area (Å²) in [6.07, 6.45) is 1.24. The van der Waals surface area contributed by atoms with Gasteiger partial charge in [0.15, 0.2) is 0 Å². The Bertz CT molecular complexity index is 569. The molecule has 1 aliphatic heterocycles. The number of nitrogens with zero attached hydrogens (tertiary/aromatic N) is 1. The van der Waals surface area contributed by atoms with Gasteiger partial charge < -0.3 is 5.11 Å². The molecule has 1 aromatic rings. The van der Waals surface area contributed by atoms with E-state index in [0.29, 0.717) is 25.9 Å². The maximum Gasteiger partial charge on any atom is 0.301 e. The molecule has 1 aromatic carbocycles. The van der Waals surface area contributed by atoms with Gasteiger partial charge in [0.25, 0.3) is 0 Å². The van der Waals surface area contributed by atoms with Gasteiger partial charge in [-0.25, -0.2) is 4.39 Å². The summed E-state index contributed by atoms with van der Waals surface area (Å²) in [5, 5.41) is 9.05. The lowest BCUT2D eigenvalue weighted by molar-refractivity contribution is 0.170. The van der Waals surface area contributed by atoms with Crippen molar-refractivity contribution in [1.29, 1.82) is 0 Å². The summed E-state index contributed by atoms with van der Waals surface area (Å²) in [5.74, 6) is -0.443. The normalized spacial score (nSPS) is 18.1. The van der Waals surface area contributed by atoms with Crippen molar-refractivity contribution in [3.63, 3.8) is 0 Å². The molecule has 0 unspecified atom stereocenters. The fourth-order valence-electron chi connectivity index (χ4n) is 2.25. The Balaban J connectivity index is 2.10. The lowest BCUT2D eigenvalue weighted by Crippen LogP contribution is -2.42. The Morgan fingerprint density at radius 3 is 2.65 bits per heavy atom. The van der Waals surface area contributed by atoms with Crippen LogP contribution >= 0.6 is 0 Å². The van der Waals surface area contributed by atoms with Gasteiger partial charge in [-0.05, 0) is 43.4 Å². The first-order chi connectivity index (χ1) is 9.42. The van der Waals surface area contributed by atoms with E-state index < -0.39 is 16.0 Å². The lowest BCUT2D eigenvalue weighted by atomic mass is 10.00. The molecule has 0 atom stereocenters. The van der Waals surface area contributed by atoms with Crippen LogP contribution in [-0.2, 0) is 10.2 Å². The van der Waals surface area contributed by atoms with Crippen LogP contribution in [0, 0.1) is 18.7 Å². The highest BCUT2D eigenvalue weighted by Gasteiger charge is 2.28. The van der Waals surface area contributed by atoms with Crippen LogP contribution in [-0.4, -0.2) is 37.5 Å². The molecule has 0 amide bonds. The molecule has 5 nitrogen and oxygen atoms in total. The number of rotatable bonds is 4. The van der Waals surface area contributed by atoms with Crippen LogP contribution in [0.3, 0.4) is 0 Å². The third-order valence-corrected chi connectivity index (χ3v) is 5.06. The molecule has 0 saturated carbocycles. The molecule has 0 spiro atoms. The minimum Gasteiger partial charge on any atom is -0.396 e. The predicted molar refractivity (Wildman–Crippen MR) is 75.1 cm³/mol. The van der Waals surface area contributed by atoms with Crippen LogP contribution in [0.4, 0.5) is 10.1 Å². The highest BCUT2D eigenvalue weighted by atomic mass is 32.2. The molecule has 1 saturated heterocycles. The van der Waals surface area contributed by atoms with Crippen LogP contribution in [0.25, 0.3) is 0 Å². The van der Waals surface area contributed by atoms with Crippen LogP contribution < -0.4 is 4.72 Å². The van der Waals surface area contributed by atoms with E-state index >= 15 is 0 Å². The molecule has 20 heavy (non-hydrogen) atoms. The summed E-state index contributed by atoms with van der Waals surface area (Å²) in [6.45, 7) is 2.53. The zero-order valence-electron chi connectivity index (χ0n) is 11.3. The van der Waals surface area contributed by atoms with Gasteiger partial charge in [0.1, 0.15) is 5.82 Å². The smallest absolute Gasteiger partial charge is 0.301 e.